The molecule has 2 N–H and O–H groups in total. The number of nitrogens with zero attached hydrogens (tertiary/aromatic N) is 2. The Morgan fingerprint density at radius 3 is 2.75 bits per heavy atom. The summed E-state index contributed by atoms with van der Waals surface area (Å²) < 4.78 is 1.89. The van der Waals surface area contributed by atoms with Gasteiger partial charge in [0.2, 0.25) is 5.91 Å². The summed E-state index contributed by atoms with van der Waals surface area (Å²) in [5.74, 6) is 0.470. The number of carbonyl (C=O) groups excluding carboxylic acids is 2. The molecule has 6 nitrogen and oxygen atoms in total. The molecular weight excluding hydrogens is 372 g/mol. The number of aryl methyl sites for hydroxylation is 1. The van der Waals surface area contributed by atoms with Crippen LogP contribution in [-0.2, 0) is 11.8 Å². The summed E-state index contributed by atoms with van der Waals surface area (Å²) in [6.45, 7) is 1.86. The Hall–Kier alpha value is -3.06. The summed E-state index contributed by atoms with van der Waals surface area (Å²) in [7, 11) is 1.90. The molecule has 0 aliphatic carbocycles. The number of fused-ring (bicyclic) bond motifs is 1. The minimum Gasteiger partial charge on any atom is -0.338 e. The first kappa shape index (κ1) is 18.3. The van der Waals surface area contributed by atoms with Crippen LogP contribution in [0.25, 0.3) is 0 Å². The van der Waals surface area contributed by atoms with E-state index in [1.807, 2.05) is 61.1 Å². The van der Waals surface area contributed by atoms with Gasteiger partial charge in [0.05, 0.1) is 10.9 Å². The second-order valence-electron chi connectivity index (χ2n) is 6.67. The lowest BCUT2D eigenvalue weighted by Gasteiger charge is -2.23. The molecule has 2 heterocycles. The molecule has 0 radical (unpaired) electrons. The number of aromatic nitrogens is 2. The molecule has 1 aliphatic rings. The van der Waals surface area contributed by atoms with Crippen molar-refractivity contribution >= 4 is 29.3 Å². The zero-order chi connectivity index (χ0) is 19.7. The van der Waals surface area contributed by atoms with Crippen molar-refractivity contribution < 1.29 is 9.59 Å². The SMILES string of the molecule is C[C@H]1Sc2ccc(C(=O)N[C@H](c3ccccc3)c3nccn3C)cc2NC1=O. The molecule has 28 heavy (non-hydrogen) atoms. The molecule has 0 saturated heterocycles. The van der Waals surface area contributed by atoms with Gasteiger partial charge in [0, 0.05) is 29.9 Å². The van der Waals surface area contributed by atoms with E-state index in [1.54, 1.807) is 18.3 Å². The van der Waals surface area contributed by atoms with E-state index in [0.717, 1.165) is 16.3 Å². The van der Waals surface area contributed by atoms with Crippen LogP contribution < -0.4 is 10.6 Å². The van der Waals surface area contributed by atoms with Crippen LogP contribution in [0.5, 0.6) is 0 Å². The van der Waals surface area contributed by atoms with Crippen LogP contribution in [-0.4, -0.2) is 26.6 Å². The molecule has 2 amide bonds. The second kappa shape index (κ2) is 7.52. The molecule has 0 unspecified atom stereocenters. The Labute approximate surface area is 167 Å². The summed E-state index contributed by atoms with van der Waals surface area (Å²) in [6.07, 6.45) is 3.56. The maximum atomic E-state index is 13.0. The summed E-state index contributed by atoms with van der Waals surface area (Å²) >= 11 is 1.49. The van der Waals surface area contributed by atoms with Gasteiger partial charge in [-0.05, 0) is 30.7 Å². The largest absolute Gasteiger partial charge is 0.338 e. The van der Waals surface area contributed by atoms with Crippen LogP contribution in [0, 0.1) is 0 Å². The van der Waals surface area contributed by atoms with Gasteiger partial charge in [-0.3, -0.25) is 9.59 Å². The lowest BCUT2D eigenvalue weighted by atomic mass is 10.1. The molecule has 2 atom stereocenters. The highest BCUT2D eigenvalue weighted by atomic mass is 32.2. The van der Waals surface area contributed by atoms with Crippen molar-refractivity contribution in [1.82, 2.24) is 14.9 Å². The van der Waals surface area contributed by atoms with Crippen molar-refractivity contribution in [2.45, 2.75) is 23.1 Å². The van der Waals surface area contributed by atoms with E-state index in [4.69, 9.17) is 0 Å². The zero-order valence-electron chi connectivity index (χ0n) is 15.5. The van der Waals surface area contributed by atoms with Gasteiger partial charge in [0.25, 0.3) is 5.91 Å². The molecule has 3 aromatic rings. The summed E-state index contributed by atoms with van der Waals surface area (Å²) in [4.78, 5) is 30.3. The van der Waals surface area contributed by atoms with E-state index in [9.17, 15) is 9.59 Å². The van der Waals surface area contributed by atoms with Crippen molar-refractivity contribution in [3.63, 3.8) is 0 Å². The fraction of sp³-hybridized carbons (Fsp3) is 0.190. The number of carbonyl (C=O) groups is 2. The Kier molecular flexibility index (Phi) is 4.92. The van der Waals surface area contributed by atoms with Crippen LogP contribution in [0.15, 0.2) is 65.8 Å². The molecule has 7 heteroatoms. The third-order valence-electron chi connectivity index (χ3n) is 4.70. The molecule has 0 spiro atoms. The van der Waals surface area contributed by atoms with E-state index in [2.05, 4.69) is 15.6 Å². The highest BCUT2D eigenvalue weighted by Crippen LogP contribution is 2.36. The summed E-state index contributed by atoms with van der Waals surface area (Å²) in [5, 5.41) is 5.81. The number of amides is 2. The van der Waals surface area contributed by atoms with Crippen LogP contribution >= 0.6 is 11.8 Å². The minimum atomic E-state index is -0.381. The van der Waals surface area contributed by atoms with Crippen molar-refractivity contribution in [3.8, 4) is 0 Å². The number of imidazole rings is 1. The normalized spacial score (nSPS) is 16.8. The van der Waals surface area contributed by atoms with Crippen LogP contribution in [0.2, 0.25) is 0 Å². The van der Waals surface area contributed by atoms with Crippen molar-refractivity contribution in [2.75, 3.05) is 5.32 Å². The van der Waals surface area contributed by atoms with Crippen molar-refractivity contribution in [3.05, 3.63) is 77.9 Å². The standard InChI is InChI=1S/C21H20N4O2S/c1-13-20(26)23-16-12-15(8-9-17(16)28-13)21(27)24-18(14-6-4-3-5-7-14)19-22-10-11-25(19)2/h3-13,18H,1-2H3,(H,23,26)(H,24,27)/t13-,18-/m1/s1. The minimum absolute atomic E-state index is 0.0507. The van der Waals surface area contributed by atoms with E-state index >= 15 is 0 Å². The van der Waals surface area contributed by atoms with Gasteiger partial charge < -0.3 is 15.2 Å². The lowest BCUT2D eigenvalue weighted by molar-refractivity contribution is -0.115. The van der Waals surface area contributed by atoms with Gasteiger partial charge in [-0.15, -0.1) is 11.8 Å². The van der Waals surface area contributed by atoms with Gasteiger partial charge in [0.1, 0.15) is 11.9 Å². The predicted molar refractivity (Wildman–Crippen MR) is 109 cm³/mol. The molecule has 0 saturated carbocycles. The highest BCUT2D eigenvalue weighted by Gasteiger charge is 2.25. The maximum Gasteiger partial charge on any atom is 0.252 e. The molecular formula is C21H20N4O2S. The Bertz CT molecular complexity index is 1030. The first-order valence-corrected chi connectivity index (χ1v) is 9.85. The Morgan fingerprint density at radius 1 is 1.25 bits per heavy atom. The average molecular weight is 392 g/mol. The fourth-order valence-electron chi connectivity index (χ4n) is 3.16. The summed E-state index contributed by atoms with van der Waals surface area (Å²) in [6, 6.07) is 14.7. The zero-order valence-corrected chi connectivity index (χ0v) is 16.4. The quantitative estimate of drug-likeness (QED) is 0.714. The fourth-order valence-corrected chi connectivity index (χ4v) is 4.09. The van der Waals surface area contributed by atoms with Crippen molar-refractivity contribution in [1.29, 1.82) is 0 Å². The number of rotatable bonds is 4. The van der Waals surface area contributed by atoms with E-state index in [1.165, 1.54) is 11.8 Å². The van der Waals surface area contributed by atoms with Crippen LogP contribution in [0.4, 0.5) is 5.69 Å². The van der Waals surface area contributed by atoms with Crippen molar-refractivity contribution in [2.24, 2.45) is 7.05 Å². The van der Waals surface area contributed by atoms with E-state index < -0.39 is 0 Å². The number of nitrogens with one attached hydrogen (secondary N) is 2. The molecule has 0 fully saturated rings. The smallest absolute Gasteiger partial charge is 0.252 e. The maximum absolute atomic E-state index is 13.0. The van der Waals surface area contributed by atoms with Crippen LogP contribution in [0.1, 0.15) is 34.7 Å². The van der Waals surface area contributed by atoms with Gasteiger partial charge in [-0.25, -0.2) is 4.98 Å². The first-order valence-electron chi connectivity index (χ1n) is 8.97. The third kappa shape index (κ3) is 3.53. The topological polar surface area (TPSA) is 76.0 Å². The third-order valence-corrected chi connectivity index (χ3v) is 5.88. The lowest BCUT2D eigenvalue weighted by Crippen LogP contribution is -2.31. The monoisotopic (exact) mass is 392 g/mol. The van der Waals surface area contributed by atoms with E-state index in [0.29, 0.717) is 11.3 Å². The molecule has 4 rings (SSSR count). The predicted octanol–water partition coefficient (Wildman–Crippen LogP) is 3.37. The number of hydrogen-bond donors (Lipinski definition) is 2. The highest BCUT2D eigenvalue weighted by molar-refractivity contribution is 8.00. The number of thioether (sulfide) groups is 1. The van der Waals surface area contributed by atoms with Gasteiger partial charge >= 0.3 is 0 Å². The van der Waals surface area contributed by atoms with Gasteiger partial charge in [0.15, 0.2) is 0 Å². The first-order chi connectivity index (χ1) is 13.5. The molecule has 2 aromatic carbocycles. The molecule has 1 aromatic heterocycles. The van der Waals surface area contributed by atoms with E-state index in [-0.39, 0.29) is 23.1 Å². The second-order valence-corrected chi connectivity index (χ2v) is 8.06. The number of hydrogen-bond acceptors (Lipinski definition) is 4. The van der Waals surface area contributed by atoms with Gasteiger partial charge in [-0.1, -0.05) is 30.3 Å². The summed E-state index contributed by atoms with van der Waals surface area (Å²) in [5.41, 5.74) is 2.11. The van der Waals surface area contributed by atoms with Gasteiger partial charge in [-0.2, -0.15) is 0 Å². The molecule has 1 aliphatic heterocycles. The molecule has 0 bridgehead atoms. The molecule has 142 valence electrons. The van der Waals surface area contributed by atoms with Crippen LogP contribution in [0.3, 0.4) is 0 Å². The number of anilines is 1. The Balaban J connectivity index is 1.63. The number of benzene rings is 2. The Morgan fingerprint density at radius 2 is 2.04 bits per heavy atom. The average Bonchev–Trinajstić information content (AvgIpc) is 3.13.